The number of nitrogens with one attached hydrogen (secondary N) is 1. The summed E-state index contributed by atoms with van der Waals surface area (Å²) in [7, 11) is 0. The van der Waals surface area contributed by atoms with Crippen LogP contribution in [0.25, 0.3) is 6.08 Å². The molecule has 128 valence electrons. The summed E-state index contributed by atoms with van der Waals surface area (Å²) in [6.45, 7) is 5.40. The second kappa shape index (κ2) is 7.57. The molecule has 1 aromatic heterocycles. The molecule has 0 saturated carbocycles. The zero-order valence-corrected chi connectivity index (χ0v) is 13.9. The van der Waals surface area contributed by atoms with Gasteiger partial charge in [0.2, 0.25) is 0 Å². The van der Waals surface area contributed by atoms with Gasteiger partial charge in [0, 0.05) is 25.6 Å². The predicted molar refractivity (Wildman–Crippen MR) is 92.4 cm³/mol. The average Bonchev–Trinajstić information content (AvgIpc) is 2.98. The third-order valence-electron chi connectivity index (χ3n) is 4.52. The largest absolute Gasteiger partial charge is 0.343 e. The first kappa shape index (κ1) is 16.6. The lowest BCUT2D eigenvalue weighted by Gasteiger charge is -2.31. The molecule has 5 nitrogen and oxygen atoms in total. The van der Waals surface area contributed by atoms with Crippen LogP contribution in [0.1, 0.15) is 37.1 Å². The topological polar surface area (TPSA) is 53.9 Å². The minimum atomic E-state index is -0.216. The van der Waals surface area contributed by atoms with Crippen LogP contribution < -0.4 is 5.69 Å². The average molecular weight is 330 g/mol. The number of likely N-dealkylation sites (tertiary alicyclic amines) is 1. The Kier molecular flexibility index (Phi) is 5.25. The third-order valence-corrected chi connectivity index (χ3v) is 4.52. The summed E-state index contributed by atoms with van der Waals surface area (Å²) in [6, 6.07) is 6.49. The fourth-order valence-electron chi connectivity index (χ4n) is 3.29. The summed E-state index contributed by atoms with van der Waals surface area (Å²) < 4.78 is 14.6. The number of aromatic nitrogens is 3. The van der Waals surface area contributed by atoms with Gasteiger partial charge < -0.3 is 0 Å². The maximum Gasteiger partial charge on any atom is 0.343 e. The lowest BCUT2D eigenvalue weighted by Crippen LogP contribution is -2.36. The van der Waals surface area contributed by atoms with Crippen LogP contribution >= 0.6 is 0 Å². The fraction of sp³-hybridized carbons (Fsp3) is 0.444. The molecule has 6 heteroatoms. The van der Waals surface area contributed by atoms with Crippen molar-refractivity contribution in [3.05, 3.63) is 58.0 Å². The van der Waals surface area contributed by atoms with E-state index < -0.39 is 0 Å². The number of benzene rings is 1. The van der Waals surface area contributed by atoms with Crippen LogP contribution in [0.15, 0.2) is 35.1 Å². The third kappa shape index (κ3) is 3.82. The lowest BCUT2D eigenvalue weighted by atomic mass is 9.97. The van der Waals surface area contributed by atoms with Gasteiger partial charge in [-0.2, -0.15) is 5.10 Å². The molecule has 1 aliphatic rings. The Hall–Kier alpha value is -2.21. The van der Waals surface area contributed by atoms with Gasteiger partial charge in [0.05, 0.1) is 0 Å². The van der Waals surface area contributed by atoms with Crippen molar-refractivity contribution >= 4 is 6.08 Å². The maximum absolute atomic E-state index is 12.9. The van der Waals surface area contributed by atoms with Crippen LogP contribution in [0.2, 0.25) is 0 Å². The Balaban J connectivity index is 1.61. The molecular formula is C18H23FN4O. The quantitative estimate of drug-likeness (QED) is 0.917. The first-order valence-electron chi connectivity index (χ1n) is 8.47. The number of piperidine rings is 1. The van der Waals surface area contributed by atoms with E-state index in [-0.39, 0.29) is 17.4 Å². The van der Waals surface area contributed by atoms with Crippen molar-refractivity contribution in [1.82, 2.24) is 19.7 Å². The van der Waals surface area contributed by atoms with Crippen LogP contribution in [-0.4, -0.2) is 39.3 Å². The Morgan fingerprint density at radius 2 is 2.17 bits per heavy atom. The molecule has 1 N–H and O–H groups in total. The molecular weight excluding hydrogens is 307 g/mol. The molecule has 1 saturated heterocycles. The Labute approximate surface area is 140 Å². The van der Waals surface area contributed by atoms with Gasteiger partial charge in [-0.15, -0.1) is 0 Å². The molecule has 2 aromatic rings. The Morgan fingerprint density at radius 3 is 2.92 bits per heavy atom. The number of H-pyrrole nitrogens is 1. The highest BCUT2D eigenvalue weighted by atomic mass is 19.1. The highest BCUT2D eigenvalue weighted by molar-refractivity contribution is 5.48. The zero-order valence-electron chi connectivity index (χ0n) is 13.9. The van der Waals surface area contributed by atoms with Crippen molar-refractivity contribution < 1.29 is 4.39 Å². The summed E-state index contributed by atoms with van der Waals surface area (Å²) in [5.74, 6) is 0.943. The summed E-state index contributed by atoms with van der Waals surface area (Å²) >= 11 is 0. The molecule has 0 aliphatic carbocycles. The van der Waals surface area contributed by atoms with E-state index in [1.807, 2.05) is 13.0 Å². The molecule has 0 amide bonds. The molecule has 0 radical (unpaired) electrons. The van der Waals surface area contributed by atoms with E-state index in [0.717, 1.165) is 43.9 Å². The normalized spacial score (nSPS) is 19.2. The van der Waals surface area contributed by atoms with E-state index in [9.17, 15) is 9.18 Å². The molecule has 1 fully saturated rings. The van der Waals surface area contributed by atoms with Crippen molar-refractivity contribution in [3.8, 4) is 0 Å². The number of rotatable bonds is 5. The Morgan fingerprint density at radius 1 is 1.38 bits per heavy atom. The van der Waals surface area contributed by atoms with Crippen molar-refractivity contribution in [3.63, 3.8) is 0 Å². The minimum absolute atomic E-state index is 0.124. The molecule has 0 bridgehead atoms. The summed E-state index contributed by atoms with van der Waals surface area (Å²) in [5, 5.41) is 6.79. The van der Waals surface area contributed by atoms with Gasteiger partial charge in [-0.25, -0.2) is 14.3 Å². The number of aromatic amines is 1. The smallest absolute Gasteiger partial charge is 0.299 e. The summed E-state index contributed by atoms with van der Waals surface area (Å²) in [4.78, 5) is 14.1. The maximum atomic E-state index is 12.9. The molecule has 0 spiro atoms. The van der Waals surface area contributed by atoms with Gasteiger partial charge in [0.25, 0.3) is 0 Å². The zero-order chi connectivity index (χ0) is 16.9. The molecule has 3 rings (SSSR count). The van der Waals surface area contributed by atoms with E-state index in [0.29, 0.717) is 6.54 Å². The first-order valence-corrected chi connectivity index (χ1v) is 8.47. The standard InChI is InChI=1S/C18H23FN4O/c1-2-23-17(20-21-18(23)24)15-6-4-12-22(13-15)11-3-5-14-7-9-16(19)10-8-14/h3,5,7-10,15H,2,4,6,11-13H2,1H3,(H,21,24)/b5-3+/t15-/m0/s1. The second-order valence-electron chi connectivity index (χ2n) is 6.18. The van der Waals surface area contributed by atoms with Crippen LogP contribution in [0, 0.1) is 5.82 Å². The minimum Gasteiger partial charge on any atom is -0.299 e. The van der Waals surface area contributed by atoms with Gasteiger partial charge in [-0.3, -0.25) is 9.47 Å². The lowest BCUT2D eigenvalue weighted by molar-refractivity contribution is 0.221. The number of halogens is 1. The Bertz CT molecular complexity index is 747. The highest BCUT2D eigenvalue weighted by Crippen LogP contribution is 2.24. The van der Waals surface area contributed by atoms with Crippen LogP contribution in [0.3, 0.4) is 0 Å². The second-order valence-corrected chi connectivity index (χ2v) is 6.18. The number of hydrogen-bond donors (Lipinski definition) is 1. The van der Waals surface area contributed by atoms with Crippen LogP contribution in [0.5, 0.6) is 0 Å². The van der Waals surface area contributed by atoms with Crippen LogP contribution in [-0.2, 0) is 6.54 Å². The summed E-state index contributed by atoms with van der Waals surface area (Å²) in [5.41, 5.74) is 0.873. The van der Waals surface area contributed by atoms with E-state index in [2.05, 4.69) is 21.2 Å². The van der Waals surface area contributed by atoms with Crippen molar-refractivity contribution in [1.29, 1.82) is 0 Å². The van der Waals surface area contributed by atoms with E-state index in [1.165, 1.54) is 12.1 Å². The van der Waals surface area contributed by atoms with Crippen molar-refractivity contribution in [2.45, 2.75) is 32.2 Å². The van der Waals surface area contributed by atoms with Gasteiger partial charge in [-0.1, -0.05) is 24.3 Å². The molecule has 2 heterocycles. The van der Waals surface area contributed by atoms with E-state index in [4.69, 9.17) is 0 Å². The van der Waals surface area contributed by atoms with E-state index >= 15 is 0 Å². The molecule has 1 atom stereocenters. The van der Waals surface area contributed by atoms with E-state index in [1.54, 1.807) is 16.7 Å². The van der Waals surface area contributed by atoms with Gasteiger partial charge >= 0.3 is 5.69 Å². The molecule has 1 aliphatic heterocycles. The highest BCUT2D eigenvalue weighted by Gasteiger charge is 2.25. The van der Waals surface area contributed by atoms with Gasteiger partial charge in [0.1, 0.15) is 11.6 Å². The van der Waals surface area contributed by atoms with Crippen molar-refractivity contribution in [2.75, 3.05) is 19.6 Å². The molecule has 0 unspecified atom stereocenters. The summed E-state index contributed by atoms with van der Waals surface area (Å²) in [6.07, 6.45) is 6.27. The van der Waals surface area contributed by atoms with Crippen LogP contribution in [0.4, 0.5) is 4.39 Å². The number of hydrogen-bond acceptors (Lipinski definition) is 3. The van der Waals surface area contributed by atoms with Crippen molar-refractivity contribution in [2.24, 2.45) is 0 Å². The first-order chi connectivity index (χ1) is 11.7. The fourth-order valence-corrected chi connectivity index (χ4v) is 3.29. The predicted octanol–water partition coefficient (Wildman–Crippen LogP) is 2.62. The van der Waals surface area contributed by atoms with Gasteiger partial charge in [-0.05, 0) is 44.0 Å². The molecule has 24 heavy (non-hydrogen) atoms. The SMILES string of the molecule is CCn1c([C@H]2CCCN(C/C=C/c3ccc(F)cc3)C2)n[nH]c1=O. The number of nitrogens with zero attached hydrogens (tertiary/aromatic N) is 3. The van der Waals surface area contributed by atoms with Gasteiger partial charge in [0.15, 0.2) is 0 Å². The molecule has 1 aromatic carbocycles. The monoisotopic (exact) mass is 330 g/mol.